The molecule has 0 aromatic heterocycles. The number of hydrogen-bond acceptors (Lipinski definition) is 3. The molecule has 2 bridgehead atoms. The van der Waals surface area contributed by atoms with Crippen LogP contribution in [-0.2, 0) is 9.53 Å². The second-order valence-electron chi connectivity index (χ2n) is 5.23. The highest BCUT2D eigenvalue weighted by molar-refractivity contribution is 5.83. The van der Waals surface area contributed by atoms with E-state index in [0.29, 0.717) is 23.9 Å². The maximum Gasteiger partial charge on any atom is 0.137 e. The monoisotopic (exact) mass is 209 g/mol. The summed E-state index contributed by atoms with van der Waals surface area (Å²) < 4.78 is 5.79. The van der Waals surface area contributed by atoms with Crippen molar-refractivity contribution in [3.8, 4) is 0 Å². The summed E-state index contributed by atoms with van der Waals surface area (Å²) in [6.45, 7) is 3.11. The fourth-order valence-corrected chi connectivity index (χ4v) is 3.24. The lowest BCUT2D eigenvalue weighted by Gasteiger charge is -2.33. The molecule has 1 saturated carbocycles. The van der Waals surface area contributed by atoms with E-state index in [1.54, 1.807) is 0 Å². The Balaban J connectivity index is 1.57. The Hall–Kier alpha value is -0.410. The summed E-state index contributed by atoms with van der Waals surface area (Å²) in [5, 5.41) is 0. The standard InChI is InChI=1S/C12H19NO2/c14-12-3-1-2-9(12)6-13-7-10-4-5-11(8-13)15-10/h9-11H,1-8H2. The summed E-state index contributed by atoms with van der Waals surface area (Å²) in [5.74, 6) is 0.830. The van der Waals surface area contributed by atoms with E-state index in [-0.39, 0.29) is 0 Å². The van der Waals surface area contributed by atoms with Gasteiger partial charge in [0.1, 0.15) is 5.78 Å². The van der Waals surface area contributed by atoms with Crippen molar-refractivity contribution in [2.45, 2.75) is 44.3 Å². The SMILES string of the molecule is O=C1CCCC1CN1CC2CCC(C1)O2. The number of carbonyl (C=O) groups is 1. The van der Waals surface area contributed by atoms with Crippen molar-refractivity contribution in [2.24, 2.45) is 5.92 Å². The molecule has 0 radical (unpaired) electrons. The van der Waals surface area contributed by atoms with Crippen molar-refractivity contribution >= 4 is 5.78 Å². The van der Waals surface area contributed by atoms with Crippen LogP contribution >= 0.6 is 0 Å². The van der Waals surface area contributed by atoms with Gasteiger partial charge in [0.2, 0.25) is 0 Å². The van der Waals surface area contributed by atoms with Crippen LogP contribution in [0.2, 0.25) is 0 Å². The molecule has 0 aromatic rings. The van der Waals surface area contributed by atoms with Gasteiger partial charge in [-0.15, -0.1) is 0 Å². The molecule has 0 amide bonds. The van der Waals surface area contributed by atoms with Gasteiger partial charge in [-0.3, -0.25) is 9.69 Å². The number of fused-ring (bicyclic) bond motifs is 2. The highest BCUT2D eigenvalue weighted by Gasteiger charge is 2.35. The maximum absolute atomic E-state index is 11.6. The average molecular weight is 209 g/mol. The van der Waals surface area contributed by atoms with Gasteiger partial charge in [-0.1, -0.05) is 0 Å². The molecule has 1 aliphatic carbocycles. The van der Waals surface area contributed by atoms with E-state index in [2.05, 4.69) is 4.90 Å². The van der Waals surface area contributed by atoms with Crippen LogP contribution in [0, 0.1) is 5.92 Å². The quantitative estimate of drug-likeness (QED) is 0.685. The first kappa shape index (κ1) is 9.79. The second kappa shape index (κ2) is 3.87. The van der Waals surface area contributed by atoms with Crippen LogP contribution in [0.3, 0.4) is 0 Å². The van der Waals surface area contributed by atoms with Crippen molar-refractivity contribution in [3.63, 3.8) is 0 Å². The van der Waals surface area contributed by atoms with Crippen LogP contribution in [0.1, 0.15) is 32.1 Å². The molecule has 3 rings (SSSR count). The molecule has 84 valence electrons. The van der Waals surface area contributed by atoms with E-state index in [1.807, 2.05) is 0 Å². The number of Topliss-reactive ketones (excluding diaryl/α,β-unsaturated/α-hetero) is 1. The van der Waals surface area contributed by atoms with E-state index in [0.717, 1.165) is 38.9 Å². The predicted octanol–water partition coefficient (Wildman–Crippen LogP) is 1.22. The van der Waals surface area contributed by atoms with Gasteiger partial charge >= 0.3 is 0 Å². The molecule has 3 unspecified atom stereocenters. The molecule has 3 atom stereocenters. The number of rotatable bonds is 2. The lowest BCUT2D eigenvalue weighted by molar-refractivity contribution is -0.122. The van der Waals surface area contributed by atoms with Gasteiger partial charge < -0.3 is 4.74 Å². The number of carbonyl (C=O) groups excluding carboxylic acids is 1. The molecule has 0 aromatic carbocycles. The van der Waals surface area contributed by atoms with Crippen LogP contribution in [0.25, 0.3) is 0 Å². The molecule has 15 heavy (non-hydrogen) atoms. The van der Waals surface area contributed by atoms with Crippen molar-refractivity contribution in [2.75, 3.05) is 19.6 Å². The molecule has 3 fully saturated rings. The minimum atomic E-state index is 0.336. The zero-order valence-electron chi connectivity index (χ0n) is 9.15. The van der Waals surface area contributed by atoms with Gasteiger partial charge in [-0.05, 0) is 25.7 Å². The van der Waals surface area contributed by atoms with Gasteiger partial charge in [-0.25, -0.2) is 0 Å². The number of nitrogens with zero attached hydrogens (tertiary/aromatic N) is 1. The highest BCUT2D eigenvalue weighted by atomic mass is 16.5. The van der Waals surface area contributed by atoms with E-state index in [4.69, 9.17) is 4.74 Å². The lowest BCUT2D eigenvalue weighted by atomic mass is 10.1. The lowest BCUT2D eigenvalue weighted by Crippen LogP contribution is -2.45. The maximum atomic E-state index is 11.6. The highest BCUT2D eigenvalue weighted by Crippen LogP contribution is 2.29. The summed E-state index contributed by atoms with van der Waals surface area (Å²) >= 11 is 0. The summed E-state index contributed by atoms with van der Waals surface area (Å²) in [5.41, 5.74) is 0. The molecule has 0 spiro atoms. The zero-order chi connectivity index (χ0) is 10.3. The third-order valence-corrected chi connectivity index (χ3v) is 4.03. The van der Waals surface area contributed by atoms with Crippen LogP contribution in [0.5, 0.6) is 0 Å². The Labute approximate surface area is 90.8 Å². The fraction of sp³-hybridized carbons (Fsp3) is 0.917. The van der Waals surface area contributed by atoms with Crippen molar-refractivity contribution in [1.29, 1.82) is 0 Å². The van der Waals surface area contributed by atoms with Gasteiger partial charge in [0.25, 0.3) is 0 Å². The first-order chi connectivity index (χ1) is 7.31. The molecular weight excluding hydrogens is 190 g/mol. The molecule has 0 N–H and O–H groups in total. The smallest absolute Gasteiger partial charge is 0.137 e. The Kier molecular flexibility index (Phi) is 2.53. The van der Waals surface area contributed by atoms with E-state index in [9.17, 15) is 4.79 Å². The molecular formula is C12H19NO2. The molecule has 2 heterocycles. The topological polar surface area (TPSA) is 29.5 Å². The number of ether oxygens (including phenoxy) is 1. The molecule has 2 aliphatic heterocycles. The summed E-state index contributed by atoms with van der Waals surface area (Å²) in [6.07, 6.45) is 6.41. The average Bonchev–Trinajstić information content (AvgIpc) is 2.75. The van der Waals surface area contributed by atoms with Crippen molar-refractivity contribution < 1.29 is 9.53 Å². The van der Waals surface area contributed by atoms with Crippen LogP contribution in [-0.4, -0.2) is 42.5 Å². The third-order valence-electron chi connectivity index (χ3n) is 4.03. The van der Waals surface area contributed by atoms with Gasteiger partial charge in [-0.2, -0.15) is 0 Å². The fourth-order valence-electron chi connectivity index (χ4n) is 3.24. The normalized spacial score (nSPS) is 41.3. The number of likely N-dealkylation sites (tertiary alicyclic amines) is 1. The van der Waals surface area contributed by atoms with Gasteiger partial charge in [0, 0.05) is 32.0 Å². The number of ketones is 1. The molecule has 3 nitrogen and oxygen atoms in total. The Morgan fingerprint density at radius 3 is 2.53 bits per heavy atom. The van der Waals surface area contributed by atoms with E-state index in [1.165, 1.54) is 12.8 Å². The van der Waals surface area contributed by atoms with E-state index < -0.39 is 0 Å². The Morgan fingerprint density at radius 1 is 1.20 bits per heavy atom. The minimum Gasteiger partial charge on any atom is -0.372 e. The van der Waals surface area contributed by atoms with Crippen LogP contribution < -0.4 is 0 Å². The first-order valence-electron chi connectivity index (χ1n) is 6.22. The minimum absolute atomic E-state index is 0.336. The Bertz CT molecular complexity index is 254. The number of morpholine rings is 1. The first-order valence-corrected chi connectivity index (χ1v) is 6.22. The van der Waals surface area contributed by atoms with Gasteiger partial charge in [0.15, 0.2) is 0 Å². The third kappa shape index (κ3) is 1.95. The van der Waals surface area contributed by atoms with Gasteiger partial charge in [0.05, 0.1) is 12.2 Å². The summed E-state index contributed by atoms with van der Waals surface area (Å²) in [4.78, 5) is 14.0. The second-order valence-corrected chi connectivity index (χ2v) is 5.23. The van der Waals surface area contributed by atoms with Crippen LogP contribution in [0.4, 0.5) is 0 Å². The molecule has 3 heteroatoms. The predicted molar refractivity (Wildman–Crippen MR) is 56.7 cm³/mol. The Morgan fingerprint density at radius 2 is 1.93 bits per heavy atom. The molecule has 2 saturated heterocycles. The van der Waals surface area contributed by atoms with Crippen molar-refractivity contribution in [1.82, 2.24) is 4.90 Å². The van der Waals surface area contributed by atoms with E-state index >= 15 is 0 Å². The molecule has 3 aliphatic rings. The summed E-state index contributed by atoms with van der Waals surface area (Å²) in [6, 6.07) is 0. The summed E-state index contributed by atoms with van der Waals surface area (Å²) in [7, 11) is 0. The largest absolute Gasteiger partial charge is 0.372 e. The van der Waals surface area contributed by atoms with Crippen molar-refractivity contribution in [3.05, 3.63) is 0 Å². The number of hydrogen-bond donors (Lipinski definition) is 0. The zero-order valence-corrected chi connectivity index (χ0v) is 9.15. The van der Waals surface area contributed by atoms with Crippen LogP contribution in [0.15, 0.2) is 0 Å².